The lowest BCUT2D eigenvalue weighted by molar-refractivity contribution is 1.20. The number of rotatable bonds is 3. The second kappa shape index (κ2) is 7.71. The predicted octanol–water partition coefficient (Wildman–Crippen LogP) is 6.28. The van der Waals surface area contributed by atoms with Gasteiger partial charge in [-0.05, 0) is 59.2 Å². The Balaban J connectivity index is 1.91. The highest BCUT2D eigenvalue weighted by molar-refractivity contribution is 6.87. The second-order valence-corrected chi connectivity index (χ2v) is 13.0. The molecule has 3 aromatic carbocycles. The summed E-state index contributed by atoms with van der Waals surface area (Å²) >= 11 is 0. The van der Waals surface area contributed by atoms with Gasteiger partial charge in [-0.2, -0.15) is 0 Å². The summed E-state index contributed by atoms with van der Waals surface area (Å²) < 4.78 is 0. The van der Waals surface area contributed by atoms with E-state index >= 15 is 0 Å². The van der Waals surface area contributed by atoms with E-state index < -0.39 is 8.07 Å². The summed E-state index contributed by atoms with van der Waals surface area (Å²) in [6.07, 6.45) is 6.96. The van der Waals surface area contributed by atoms with Gasteiger partial charge in [0.05, 0.1) is 22.1 Å². The molecule has 0 amide bonds. The van der Waals surface area contributed by atoms with Crippen molar-refractivity contribution in [1.82, 2.24) is 19.9 Å². The molecule has 0 aliphatic rings. The van der Waals surface area contributed by atoms with Crippen LogP contribution in [0.1, 0.15) is 26.3 Å². The van der Waals surface area contributed by atoms with Gasteiger partial charge < -0.3 is 0 Å². The van der Waals surface area contributed by atoms with Gasteiger partial charge in [0.2, 0.25) is 0 Å². The Labute approximate surface area is 182 Å². The Hall–Kier alpha value is -3.36. The van der Waals surface area contributed by atoms with E-state index in [1.54, 1.807) is 24.8 Å². The molecule has 0 bridgehead atoms. The molecule has 5 rings (SSSR count). The summed E-state index contributed by atoms with van der Waals surface area (Å²) in [5.41, 5.74) is 8.44. The average Bonchev–Trinajstić information content (AvgIpc) is 2.82. The summed E-state index contributed by atoms with van der Waals surface area (Å²) in [7, 11) is -1.60. The molecule has 2 heterocycles. The number of hydrogen-bond acceptors (Lipinski definition) is 4. The molecule has 0 aliphatic heterocycles. The topological polar surface area (TPSA) is 51.6 Å². The molecule has 0 N–H and O–H groups in total. The molecule has 31 heavy (non-hydrogen) atoms. The molecule has 152 valence electrons. The van der Waals surface area contributed by atoms with Crippen LogP contribution in [-0.2, 0) is 0 Å². The fourth-order valence-electron chi connectivity index (χ4n) is 4.38. The zero-order valence-corrected chi connectivity index (χ0v) is 19.1. The predicted molar refractivity (Wildman–Crippen MR) is 132 cm³/mol. The van der Waals surface area contributed by atoms with Crippen LogP contribution in [0.25, 0.3) is 43.6 Å². The monoisotopic (exact) mass is 420 g/mol. The third-order valence-electron chi connectivity index (χ3n) is 6.61. The fraction of sp³-hybridized carbons (Fsp3) is 0.231. The summed E-state index contributed by atoms with van der Waals surface area (Å²) in [6.45, 7) is 6.88. The van der Waals surface area contributed by atoms with Gasteiger partial charge in [0.1, 0.15) is 8.07 Å². The molecular formula is C26H24N4Si. The zero-order chi connectivity index (χ0) is 21.4. The van der Waals surface area contributed by atoms with Crippen molar-refractivity contribution in [3.8, 4) is 11.5 Å². The fourth-order valence-corrected chi connectivity index (χ4v) is 6.80. The quantitative estimate of drug-likeness (QED) is 0.196. The SMILES string of the molecule is CC[Si](C#Cc1c2cc3nccnc3cc2cc2cc3nccnc3cc12)(CC)CC. The molecule has 4 nitrogen and oxygen atoms in total. The van der Waals surface area contributed by atoms with Gasteiger partial charge in [-0.25, -0.2) is 0 Å². The van der Waals surface area contributed by atoms with E-state index in [2.05, 4.69) is 82.5 Å². The van der Waals surface area contributed by atoms with Crippen molar-refractivity contribution in [3.05, 3.63) is 60.7 Å². The van der Waals surface area contributed by atoms with Crippen molar-refractivity contribution in [1.29, 1.82) is 0 Å². The molecule has 5 aromatic rings. The lowest BCUT2D eigenvalue weighted by atomic mass is 9.96. The first-order chi connectivity index (χ1) is 15.2. The molecule has 0 fully saturated rings. The molecule has 5 heteroatoms. The van der Waals surface area contributed by atoms with Crippen LogP contribution in [0.15, 0.2) is 55.1 Å². The Bertz CT molecular complexity index is 1410. The highest BCUT2D eigenvalue weighted by Gasteiger charge is 2.24. The highest BCUT2D eigenvalue weighted by Crippen LogP contribution is 2.32. The minimum absolute atomic E-state index is 0.892. The molecule has 0 radical (unpaired) electrons. The summed E-state index contributed by atoms with van der Waals surface area (Å²) in [5, 5.41) is 4.51. The van der Waals surface area contributed by atoms with Crippen LogP contribution in [0, 0.1) is 11.5 Å². The van der Waals surface area contributed by atoms with Crippen molar-refractivity contribution in [2.45, 2.75) is 38.9 Å². The van der Waals surface area contributed by atoms with E-state index in [-0.39, 0.29) is 0 Å². The van der Waals surface area contributed by atoms with Gasteiger partial charge in [0, 0.05) is 41.1 Å². The number of fused-ring (bicyclic) bond motifs is 4. The average molecular weight is 421 g/mol. The van der Waals surface area contributed by atoms with Gasteiger partial charge in [0.15, 0.2) is 0 Å². The Kier molecular flexibility index (Phi) is 4.88. The van der Waals surface area contributed by atoms with E-state index in [0.717, 1.165) is 49.2 Å². The van der Waals surface area contributed by atoms with Crippen LogP contribution in [0.2, 0.25) is 18.1 Å². The Morgan fingerprint density at radius 1 is 0.613 bits per heavy atom. The molecule has 0 unspecified atom stereocenters. The first-order valence-corrected chi connectivity index (χ1v) is 13.5. The summed E-state index contributed by atoms with van der Waals surface area (Å²) in [4.78, 5) is 18.1. The molecular weight excluding hydrogens is 396 g/mol. The van der Waals surface area contributed by atoms with Crippen molar-refractivity contribution in [2.24, 2.45) is 0 Å². The Morgan fingerprint density at radius 3 is 1.45 bits per heavy atom. The van der Waals surface area contributed by atoms with Gasteiger partial charge >= 0.3 is 0 Å². The second-order valence-electron chi connectivity index (χ2n) is 8.08. The largest absolute Gasteiger partial charge is 0.253 e. The van der Waals surface area contributed by atoms with Gasteiger partial charge in [-0.1, -0.05) is 26.7 Å². The molecule has 0 atom stereocenters. The third-order valence-corrected chi connectivity index (χ3v) is 11.3. The summed E-state index contributed by atoms with van der Waals surface area (Å²) in [6, 6.07) is 14.3. The number of aromatic nitrogens is 4. The van der Waals surface area contributed by atoms with E-state index in [9.17, 15) is 0 Å². The first kappa shape index (κ1) is 19.6. The minimum atomic E-state index is -1.60. The molecule has 0 saturated carbocycles. The molecule has 0 aliphatic carbocycles. The lowest BCUT2D eigenvalue weighted by Gasteiger charge is -2.20. The van der Waals surface area contributed by atoms with E-state index in [4.69, 9.17) is 0 Å². The maximum atomic E-state index is 4.54. The van der Waals surface area contributed by atoms with Crippen molar-refractivity contribution in [2.75, 3.05) is 0 Å². The van der Waals surface area contributed by atoms with Crippen molar-refractivity contribution < 1.29 is 0 Å². The maximum Gasteiger partial charge on any atom is 0.138 e. The summed E-state index contributed by atoms with van der Waals surface area (Å²) in [5.74, 6) is 3.67. The maximum absolute atomic E-state index is 4.54. The number of nitrogens with zero attached hydrogens (tertiary/aromatic N) is 4. The van der Waals surface area contributed by atoms with Gasteiger partial charge in [0.25, 0.3) is 0 Å². The third kappa shape index (κ3) is 3.33. The van der Waals surface area contributed by atoms with Crippen molar-refractivity contribution in [3.63, 3.8) is 0 Å². The van der Waals surface area contributed by atoms with Crippen LogP contribution < -0.4 is 0 Å². The molecule has 0 spiro atoms. The van der Waals surface area contributed by atoms with Crippen LogP contribution >= 0.6 is 0 Å². The zero-order valence-electron chi connectivity index (χ0n) is 18.1. The van der Waals surface area contributed by atoms with E-state index in [1.807, 2.05) is 0 Å². The number of hydrogen-bond donors (Lipinski definition) is 0. The van der Waals surface area contributed by atoms with E-state index in [1.165, 1.54) is 18.1 Å². The van der Waals surface area contributed by atoms with Crippen LogP contribution in [0.4, 0.5) is 0 Å². The molecule has 0 saturated heterocycles. The highest BCUT2D eigenvalue weighted by atomic mass is 28.3. The van der Waals surface area contributed by atoms with Crippen molar-refractivity contribution >= 4 is 51.7 Å². The lowest BCUT2D eigenvalue weighted by Crippen LogP contribution is -2.29. The minimum Gasteiger partial charge on any atom is -0.253 e. The van der Waals surface area contributed by atoms with Gasteiger partial charge in [-0.3, -0.25) is 19.9 Å². The first-order valence-electron chi connectivity index (χ1n) is 10.9. The van der Waals surface area contributed by atoms with Crippen LogP contribution in [0.3, 0.4) is 0 Å². The smallest absolute Gasteiger partial charge is 0.138 e. The normalized spacial score (nSPS) is 11.8. The Morgan fingerprint density at radius 2 is 1.03 bits per heavy atom. The van der Waals surface area contributed by atoms with Gasteiger partial charge in [-0.15, -0.1) is 5.54 Å². The standard InChI is InChI=1S/C26H24N4Si/c1-4-31(5-2,6-3)12-7-20-21-16-25-23(27-8-10-29-25)14-18(21)13-19-15-24-26(17-22(19)20)30-11-9-28-24/h8-11,13-17H,4-6H2,1-3H3. The van der Waals surface area contributed by atoms with Crippen LogP contribution in [-0.4, -0.2) is 28.0 Å². The van der Waals surface area contributed by atoms with Crippen LogP contribution in [0.5, 0.6) is 0 Å². The van der Waals surface area contributed by atoms with E-state index in [0.29, 0.717) is 0 Å². The molecule has 2 aromatic heterocycles. The number of benzene rings is 3.